The molecule has 0 bridgehead atoms. The lowest BCUT2D eigenvalue weighted by atomic mass is 10.2. The van der Waals surface area contributed by atoms with E-state index < -0.39 is 0 Å². The smallest absolute Gasteiger partial charge is 0.234 e. The van der Waals surface area contributed by atoms with E-state index in [4.69, 9.17) is 9.47 Å². The van der Waals surface area contributed by atoms with Crippen molar-refractivity contribution in [2.45, 2.75) is 13.5 Å². The van der Waals surface area contributed by atoms with Gasteiger partial charge >= 0.3 is 0 Å². The Hall–Kier alpha value is -1.75. The molecular formula is C13H20N2O3. The van der Waals surface area contributed by atoms with Crippen molar-refractivity contribution in [1.82, 2.24) is 10.6 Å². The van der Waals surface area contributed by atoms with Gasteiger partial charge in [-0.2, -0.15) is 0 Å². The molecule has 1 aromatic carbocycles. The van der Waals surface area contributed by atoms with Crippen molar-refractivity contribution in [3.63, 3.8) is 0 Å². The van der Waals surface area contributed by atoms with Gasteiger partial charge in [-0.25, -0.2) is 0 Å². The van der Waals surface area contributed by atoms with Crippen LogP contribution in [0.1, 0.15) is 12.5 Å². The molecule has 0 aliphatic heterocycles. The van der Waals surface area contributed by atoms with Crippen LogP contribution in [0.3, 0.4) is 0 Å². The minimum Gasteiger partial charge on any atom is -0.493 e. The Balaban J connectivity index is 2.64. The van der Waals surface area contributed by atoms with Crippen LogP contribution in [0, 0.1) is 0 Å². The molecule has 0 fully saturated rings. The van der Waals surface area contributed by atoms with Crippen molar-refractivity contribution >= 4 is 5.91 Å². The zero-order valence-electron chi connectivity index (χ0n) is 11.1. The van der Waals surface area contributed by atoms with Gasteiger partial charge in [-0.3, -0.25) is 4.79 Å². The lowest BCUT2D eigenvalue weighted by molar-refractivity contribution is -0.120. The van der Waals surface area contributed by atoms with E-state index in [0.717, 1.165) is 5.56 Å². The van der Waals surface area contributed by atoms with Crippen molar-refractivity contribution in [3.05, 3.63) is 23.8 Å². The highest BCUT2D eigenvalue weighted by Gasteiger charge is 2.06. The predicted molar refractivity (Wildman–Crippen MR) is 69.9 cm³/mol. The Morgan fingerprint density at radius 2 is 2.11 bits per heavy atom. The second-order valence-corrected chi connectivity index (χ2v) is 3.73. The molecule has 0 radical (unpaired) electrons. The first-order chi connectivity index (χ1) is 8.71. The highest BCUT2D eigenvalue weighted by Crippen LogP contribution is 2.27. The van der Waals surface area contributed by atoms with E-state index >= 15 is 0 Å². The fraction of sp³-hybridized carbons (Fsp3) is 0.462. The number of benzene rings is 1. The number of rotatable bonds is 7. The molecule has 0 unspecified atom stereocenters. The number of hydrogen-bond donors (Lipinski definition) is 2. The summed E-state index contributed by atoms with van der Waals surface area (Å²) < 4.78 is 10.7. The number of carbonyl (C=O) groups is 1. The number of ether oxygens (including phenoxy) is 2. The van der Waals surface area contributed by atoms with E-state index in [1.54, 1.807) is 14.2 Å². The fourth-order valence-electron chi connectivity index (χ4n) is 1.52. The molecule has 5 nitrogen and oxygen atoms in total. The average Bonchev–Trinajstić information content (AvgIpc) is 2.38. The van der Waals surface area contributed by atoms with Gasteiger partial charge in [-0.05, 0) is 31.7 Å². The van der Waals surface area contributed by atoms with E-state index in [-0.39, 0.29) is 5.91 Å². The maximum Gasteiger partial charge on any atom is 0.234 e. The Bertz CT molecular complexity index is 394. The molecule has 1 rings (SSSR count). The second-order valence-electron chi connectivity index (χ2n) is 3.73. The number of hydrogen-bond acceptors (Lipinski definition) is 4. The van der Waals surface area contributed by atoms with Crippen molar-refractivity contribution in [2.75, 3.05) is 27.3 Å². The predicted octanol–water partition coefficient (Wildman–Crippen LogP) is 0.929. The van der Waals surface area contributed by atoms with Gasteiger partial charge in [0, 0.05) is 6.54 Å². The Morgan fingerprint density at radius 1 is 1.33 bits per heavy atom. The van der Waals surface area contributed by atoms with Gasteiger partial charge in [0.05, 0.1) is 20.3 Å². The summed E-state index contributed by atoms with van der Waals surface area (Å²) in [6, 6.07) is 5.62. The lowest BCUT2D eigenvalue weighted by Gasteiger charge is -2.11. The first-order valence-corrected chi connectivity index (χ1v) is 5.92. The van der Waals surface area contributed by atoms with Gasteiger partial charge < -0.3 is 20.1 Å². The van der Waals surface area contributed by atoms with Gasteiger partial charge in [0.25, 0.3) is 0 Å². The summed E-state index contributed by atoms with van der Waals surface area (Å²) >= 11 is 0. The first kappa shape index (κ1) is 14.3. The highest BCUT2D eigenvalue weighted by atomic mass is 16.5. The minimum absolute atomic E-state index is 0.0367. The van der Waals surface area contributed by atoms with Crippen molar-refractivity contribution in [1.29, 1.82) is 0 Å². The monoisotopic (exact) mass is 252 g/mol. The molecule has 0 aliphatic carbocycles. The number of nitrogens with one attached hydrogen (secondary N) is 2. The zero-order valence-corrected chi connectivity index (χ0v) is 11.1. The highest BCUT2D eigenvalue weighted by molar-refractivity contribution is 5.77. The molecule has 1 aromatic rings. The second kappa shape index (κ2) is 7.55. The summed E-state index contributed by atoms with van der Waals surface area (Å²) in [6.07, 6.45) is 0. The molecular weight excluding hydrogens is 232 g/mol. The van der Waals surface area contributed by atoms with Gasteiger partial charge in [0.15, 0.2) is 11.5 Å². The molecule has 0 aromatic heterocycles. The van der Waals surface area contributed by atoms with Crippen LogP contribution in [-0.4, -0.2) is 33.2 Å². The topological polar surface area (TPSA) is 59.6 Å². The van der Waals surface area contributed by atoms with E-state index in [9.17, 15) is 4.79 Å². The van der Waals surface area contributed by atoms with Gasteiger partial charge in [0.2, 0.25) is 5.91 Å². The Labute approximate surface area is 107 Å². The summed E-state index contributed by atoms with van der Waals surface area (Å²) in [4.78, 5) is 11.3. The third-order valence-electron chi connectivity index (χ3n) is 2.35. The molecule has 18 heavy (non-hydrogen) atoms. The van der Waals surface area contributed by atoms with Crippen LogP contribution >= 0.6 is 0 Å². The molecule has 0 saturated heterocycles. The number of methoxy groups -OCH3 is 1. The number of carbonyl (C=O) groups excluding carboxylic acids is 1. The summed E-state index contributed by atoms with van der Waals surface area (Å²) in [5, 5.41) is 5.60. The Kier molecular flexibility index (Phi) is 6.00. The lowest BCUT2D eigenvalue weighted by Crippen LogP contribution is -2.31. The molecule has 0 spiro atoms. The quantitative estimate of drug-likeness (QED) is 0.758. The summed E-state index contributed by atoms with van der Waals surface area (Å²) in [5.74, 6) is 1.35. The van der Waals surface area contributed by atoms with Crippen LogP contribution in [0.2, 0.25) is 0 Å². The van der Waals surface area contributed by atoms with Crippen molar-refractivity contribution in [2.24, 2.45) is 0 Å². The SMILES string of the molecule is CCOc1ccc(CNC(=O)CNC)cc1OC. The fourth-order valence-corrected chi connectivity index (χ4v) is 1.52. The summed E-state index contributed by atoms with van der Waals surface area (Å²) in [7, 11) is 3.33. The molecule has 0 aliphatic rings. The van der Waals surface area contributed by atoms with Crippen LogP contribution in [0.4, 0.5) is 0 Å². The molecule has 0 heterocycles. The maximum absolute atomic E-state index is 11.3. The van der Waals surface area contributed by atoms with Crippen molar-refractivity contribution in [3.8, 4) is 11.5 Å². The largest absolute Gasteiger partial charge is 0.493 e. The van der Waals surface area contributed by atoms with Crippen LogP contribution in [0.15, 0.2) is 18.2 Å². The third kappa shape index (κ3) is 4.25. The molecule has 1 amide bonds. The molecule has 100 valence electrons. The molecule has 0 saturated carbocycles. The van der Waals surface area contributed by atoms with Gasteiger partial charge in [-0.1, -0.05) is 6.07 Å². The number of likely N-dealkylation sites (N-methyl/N-ethyl adjacent to an activating group) is 1. The van der Waals surface area contributed by atoms with Crippen LogP contribution in [0.25, 0.3) is 0 Å². The standard InChI is InChI=1S/C13H20N2O3/c1-4-18-11-6-5-10(7-12(11)17-3)8-15-13(16)9-14-2/h5-7,14H,4,8-9H2,1-3H3,(H,15,16). The van der Waals surface area contributed by atoms with E-state index in [2.05, 4.69) is 10.6 Å². The molecule has 5 heteroatoms. The maximum atomic E-state index is 11.3. The first-order valence-electron chi connectivity index (χ1n) is 5.92. The van der Waals surface area contributed by atoms with E-state index in [0.29, 0.717) is 31.2 Å². The normalized spacial score (nSPS) is 9.94. The minimum atomic E-state index is -0.0367. The average molecular weight is 252 g/mol. The summed E-state index contributed by atoms with van der Waals surface area (Å²) in [6.45, 7) is 3.30. The van der Waals surface area contributed by atoms with Gasteiger partial charge in [-0.15, -0.1) is 0 Å². The molecule has 2 N–H and O–H groups in total. The van der Waals surface area contributed by atoms with Crippen molar-refractivity contribution < 1.29 is 14.3 Å². The van der Waals surface area contributed by atoms with Gasteiger partial charge in [0.1, 0.15) is 0 Å². The zero-order chi connectivity index (χ0) is 13.4. The number of amides is 1. The van der Waals surface area contributed by atoms with E-state index in [1.165, 1.54) is 0 Å². The Morgan fingerprint density at radius 3 is 2.72 bits per heavy atom. The van der Waals surface area contributed by atoms with Crippen LogP contribution < -0.4 is 20.1 Å². The van der Waals surface area contributed by atoms with Crippen LogP contribution in [0.5, 0.6) is 11.5 Å². The van der Waals surface area contributed by atoms with E-state index in [1.807, 2.05) is 25.1 Å². The summed E-state index contributed by atoms with van der Waals surface area (Å²) in [5.41, 5.74) is 0.972. The molecule has 0 atom stereocenters. The van der Waals surface area contributed by atoms with Crippen LogP contribution in [-0.2, 0) is 11.3 Å². The third-order valence-corrected chi connectivity index (χ3v) is 2.35.